The Morgan fingerprint density at radius 1 is 1.62 bits per heavy atom. The second kappa shape index (κ2) is 4.82. The molecule has 0 aliphatic heterocycles. The van der Waals surface area contributed by atoms with Gasteiger partial charge in [0.2, 0.25) is 0 Å². The summed E-state index contributed by atoms with van der Waals surface area (Å²) in [7, 11) is 2.05. The first-order valence-electron chi connectivity index (χ1n) is 4.57. The van der Waals surface area contributed by atoms with Crippen LogP contribution in [0.25, 0.3) is 0 Å². The van der Waals surface area contributed by atoms with Crippen molar-refractivity contribution in [2.45, 2.75) is 19.4 Å². The lowest BCUT2D eigenvalue weighted by Crippen LogP contribution is -2.25. The molecule has 72 valence electrons. The van der Waals surface area contributed by atoms with Gasteiger partial charge in [0.15, 0.2) is 0 Å². The lowest BCUT2D eigenvalue weighted by molar-refractivity contribution is 0.659. The Bertz CT molecular complexity index is 233. The minimum absolute atomic E-state index is 0.263. The summed E-state index contributed by atoms with van der Waals surface area (Å²) >= 11 is 0. The molecule has 0 saturated heterocycles. The van der Waals surface area contributed by atoms with Crippen molar-refractivity contribution >= 4 is 5.69 Å². The summed E-state index contributed by atoms with van der Waals surface area (Å²) in [5.41, 5.74) is 6.82. The average molecular weight is 179 g/mol. The van der Waals surface area contributed by atoms with E-state index in [9.17, 15) is 0 Å². The van der Waals surface area contributed by atoms with Crippen LogP contribution in [0, 0.1) is 0 Å². The van der Waals surface area contributed by atoms with E-state index in [-0.39, 0.29) is 6.04 Å². The van der Waals surface area contributed by atoms with Gasteiger partial charge in [0.05, 0.1) is 11.9 Å². The van der Waals surface area contributed by atoms with Crippen LogP contribution < -0.4 is 10.6 Å². The molecule has 1 rings (SSSR count). The van der Waals surface area contributed by atoms with E-state index in [2.05, 4.69) is 16.9 Å². The van der Waals surface area contributed by atoms with Crippen molar-refractivity contribution in [1.82, 2.24) is 4.98 Å². The molecule has 0 saturated carbocycles. The van der Waals surface area contributed by atoms with E-state index in [0.717, 1.165) is 18.7 Å². The largest absolute Gasteiger partial charge is 0.373 e. The molecule has 0 aromatic carbocycles. The average Bonchev–Trinajstić information content (AvgIpc) is 2.15. The molecule has 1 aromatic rings. The number of anilines is 1. The van der Waals surface area contributed by atoms with E-state index in [4.69, 9.17) is 5.73 Å². The molecule has 13 heavy (non-hydrogen) atoms. The van der Waals surface area contributed by atoms with Crippen molar-refractivity contribution in [3.8, 4) is 0 Å². The summed E-state index contributed by atoms with van der Waals surface area (Å²) in [6, 6.07) is 4.26. The van der Waals surface area contributed by atoms with Crippen LogP contribution in [0.1, 0.15) is 13.3 Å². The van der Waals surface area contributed by atoms with Gasteiger partial charge in [-0.3, -0.25) is 4.98 Å². The van der Waals surface area contributed by atoms with Crippen molar-refractivity contribution in [3.63, 3.8) is 0 Å². The molecule has 1 atom stereocenters. The summed E-state index contributed by atoms with van der Waals surface area (Å²) in [6.45, 7) is 3.00. The van der Waals surface area contributed by atoms with E-state index in [1.165, 1.54) is 0 Å². The van der Waals surface area contributed by atoms with E-state index in [1.807, 2.05) is 25.3 Å². The number of hydrogen-bond donors (Lipinski definition) is 1. The van der Waals surface area contributed by atoms with Crippen LogP contribution in [-0.2, 0) is 0 Å². The number of aromatic nitrogens is 1. The predicted octanol–water partition coefficient (Wildman–Crippen LogP) is 1.26. The molecule has 0 fully saturated rings. The van der Waals surface area contributed by atoms with Gasteiger partial charge in [-0.1, -0.05) is 0 Å². The molecule has 3 nitrogen and oxygen atoms in total. The molecule has 0 aliphatic carbocycles. The highest BCUT2D eigenvalue weighted by molar-refractivity contribution is 5.42. The molecule has 0 amide bonds. The summed E-state index contributed by atoms with van der Waals surface area (Å²) in [6.07, 6.45) is 4.65. The monoisotopic (exact) mass is 179 g/mol. The molecule has 0 bridgehead atoms. The molecule has 1 aromatic heterocycles. The summed E-state index contributed by atoms with van der Waals surface area (Å²) in [4.78, 5) is 6.22. The van der Waals surface area contributed by atoms with Gasteiger partial charge >= 0.3 is 0 Å². The Kier molecular flexibility index (Phi) is 3.71. The lowest BCUT2D eigenvalue weighted by Gasteiger charge is -2.19. The fraction of sp³-hybridized carbons (Fsp3) is 0.500. The molecular formula is C10H17N3. The highest BCUT2D eigenvalue weighted by atomic mass is 15.1. The smallest absolute Gasteiger partial charge is 0.0550 e. The van der Waals surface area contributed by atoms with Crippen molar-refractivity contribution in [1.29, 1.82) is 0 Å². The minimum Gasteiger partial charge on any atom is -0.373 e. The maximum absolute atomic E-state index is 5.68. The maximum Gasteiger partial charge on any atom is 0.0550 e. The summed E-state index contributed by atoms with van der Waals surface area (Å²) in [5, 5.41) is 0. The standard InChI is InChI=1S/C10H17N3/c1-9(11)5-7-13(2)10-4-3-6-12-8-10/h3-4,6,8-9H,5,7,11H2,1-2H3. The highest BCUT2D eigenvalue weighted by Gasteiger charge is 2.01. The number of rotatable bonds is 4. The fourth-order valence-electron chi connectivity index (χ4n) is 1.11. The Hall–Kier alpha value is -1.09. The van der Waals surface area contributed by atoms with E-state index >= 15 is 0 Å². The maximum atomic E-state index is 5.68. The Morgan fingerprint density at radius 2 is 2.38 bits per heavy atom. The van der Waals surface area contributed by atoms with Crippen LogP contribution in [0.5, 0.6) is 0 Å². The van der Waals surface area contributed by atoms with Gasteiger partial charge < -0.3 is 10.6 Å². The lowest BCUT2D eigenvalue weighted by atomic mass is 10.2. The first-order chi connectivity index (χ1) is 6.20. The molecular weight excluding hydrogens is 162 g/mol. The van der Waals surface area contributed by atoms with Crippen LogP contribution in [-0.4, -0.2) is 24.6 Å². The third-order valence-electron chi connectivity index (χ3n) is 2.01. The van der Waals surface area contributed by atoms with Gasteiger partial charge in [-0.25, -0.2) is 0 Å². The summed E-state index contributed by atoms with van der Waals surface area (Å²) < 4.78 is 0. The van der Waals surface area contributed by atoms with Gasteiger partial charge in [0.25, 0.3) is 0 Å². The van der Waals surface area contributed by atoms with Crippen LogP contribution in [0.15, 0.2) is 24.5 Å². The zero-order valence-corrected chi connectivity index (χ0v) is 8.27. The van der Waals surface area contributed by atoms with Gasteiger partial charge in [-0.2, -0.15) is 0 Å². The Balaban J connectivity index is 2.44. The fourth-order valence-corrected chi connectivity index (χ4v) is 1.11. The van der Waals surface area contributed by atoms with E-state index in [1.54, 1.807) is 6.20 Å². The molecule has 1 unspecified atom stereocenters. The van der Waals surface area contributed by atoms with Crippen molar-refractivity contribution in [2.24, 2.45) is 5.73 Å². The van der Waals surface area contributed by atoms with Crippen molar-refractivity contribution < 1.29 is 0 Å². The quantitative estimate of drug-likeness (QED) is 0.756. The molecule has 3 heteroatoms. The number of nitrogens with zero attached hydrogens (tertiary/aromatic N) is 2. The second-order valence-corrected chi connectivity index (χ2v) is 3.40. The third kappa shape index (κ3) is 3.42. The predicted molar refractivity (Wildman–Crippen MR) is 55.8 cm³/mol. The number of nitrogens with two attached hydrogens (primary N) is 1. The van der Waals surface area contributed by atoms with Crippen LogP contribution in [0.4, 0.5) is 5.69 Å². The molecule has 0 aliphatic rings. The van der Waals surface area contributed by atoms with Gasteiger partial charge in [0, 0.05) is 25.8 Å². The van der Waals surface area contributed by atoms with Crippen LogP contribution >= 0.6 is 0 Å². The third-order valence-corrected chi connectivity index (χ3v) is 2.01. The molecule has 2 N–H and O–H groups in total. The number of pyridine rings is 1. The summed E-state index contributed by atoms with van der Waals surface area (Å²) in [5.74, 6) is 0. The normalized spacial score (nSPS) is 12.5. The number of hydrogen-bond acceptors (Lipinski definition) is 3. The minimum atomic E-state index is 0.263. The van der Waals surface area contributed by atoms with E-state index < -0.39 is 0 Å². The van der Waals surface area contributed by atoms with E-state index in [0.29, 0.717) is 0 Å². The Morgan fingerprint density at radius 3 is 2.92 bits per heavy atom. The van der Waals surface area contributed by atoms with Crippen molar-refractivity contribution in [3.05, 3.63) is 24.5 Å². The highest BCUT2D eigenvalue weighted by Crippen LogP contribution is 2.09. The second-order valence-electron chi connectivity index (χ2n) is 3.40. The van der Waals surface area contributed by atoms with Crippen molar-refractivity contribution in [2.75, 3.05) is 18.5 Å². The molecule has 0 radical (unpaired) electrons. The molecule has 0 spiro atoms. The van der Waals surface area contributed by atoms with Crippen LogP contribution in [0.3, 0.4) is 0 Å². The first-order valence-corrected chi connectivity index (χ1v) is 4.57. The first kappa shape index (κ1) is 9.99. The topological polar surface area (TPSA) is 42.1 Å². The van der Waals surface area contributed by atoms with Crippen LogP contribution in [0.2, 0.25) is 0 Å². The Labute approximate surface area is 79.6 Å². The zero-order chi connectivity index (χ0) is 9.68. The molecule has 1 heterocycles. The van der Waals surface area contributed by atoms with Gasteiger partial charge in [-0.15, -0.1) is 0 Å². The van der Waals surface area contributed by atoms with Gasteiger partial charge in [-0.05, 0) is 25.5 Å². The SMILES string of the molecule is CC(N)CCN(C)c1cccnc1. The van der Waals surface area contributed by atoms with Gasteiger partial charge in [0.1, 0.15) is 0 Å². The zero-order valence-electron chi connectivity index (χ0n) is 8.27.